The molecule has 2 amide bonds. The van der Waals surface area contributed by atoms with E-state index in [2.05, 4.69) is 42.9 Å². The minimum absolute atomic E-state index is 0. The number of nitrogens with one attached hydrogen (secondary N) is 1. The summed E-state index contributed by atoms with van der Waals surface area (Å²) in [6, 6.07) is 0. The summed E-state index contributed by atoms with van der Waals surface area (Å²) in [4.78, 5) is 35.2. The Morgan fingerprint density at radius 2 is 1.55 bits per heavy atom. The Morgan fingerprint density at radius 3 is 2.06 bits per heavy atom. The van der Waals surface area contributed by atoms with Crippen molar-refractivity contribution in [2.24, 2.45) is 16.3 Å². The molecule has 2 heterocycles. The van der Waals surface area contributed by atoms with Gasteiger partial charge < -0.3 is 20.0 Å². The number of aliphatic imine (C=N–C) groups is 1. The summed E-state index contributed by atoms with van der Waals surface area (Å²) in [6.45, 7) is 14.5. The normalized spacial score (nSPS) is 18.9. The second-order valence-corrected chi connectivity index (χ2v) is 9.98. The van der Waals surface area contributed by atoms with Crippen LogP contribution in [0.2, 0.25) is 0 Å². The highest BCUT2D eigenvalue weighted by atomic mass is 127. The Balaban J connectivity index is 0.00000480. The first-order chi connectivity index (χ1) is 14.2. The number of hydrogen-bond acceptors (Lipinski definition) is 3. The molecule has 180 valence electrons. The van der Waals surface area contributed by atoms with Gasteiger partial charge in [0.1, 0.15) is 0 Å². The van der Waals surface area contributed by atoms with Crippen molar-refractivity contribution in [3.8, 4) is 0 Å². The third kappa shape index (κ3) is 9.53. The Labute approximate surface area is 206 Å². The predicted molar refractivity (Wildman–Crippen MR) is 138 cm³/mol. The smallest absolute Gasteiger partial charge is 0.222 e. The number of likely N-dealkylation sites (tertiary alicyclic amines) is 1. The first kappa shape index (κ1) is 28.0. The van der Waals surface area contributed by atoms with Gasteiger partial charge in [-0.3, -0.25) is 14.6 Å². The summed E-state index contributed by atoms with van der Waals surface area (Å²) < 4.78 is 0. The molecule has 0 unspecified atom stereocenters. The van der Waals surface area contributed by atoms with Crippen molar-refractivity contribution in [1.82, 2.24) is 20.0 Å². The average Bonchev–Trinajstić information content (AvgIpc) is 3.06. The molecule has 0 bridgehead atoms. The Bertz CT molecular complexity index is 601. The van der Waals surface area contributed by atoms with E-state index in [1.807, 2.05) is 16.8 Å². The zero-order valence-corrected chi connectivity index (χ0v) is 22.6. The van der Waals surface area contributed by atoms with Gasteiger partial charge in [-0.15, -0.1) is 24.0 Å². The quantitative estimate of drug-likeness (QED) is 0.219. The van der Waals surface area contributed by atoms with Gasteiger partial charge >= 0.3 is 0 Å². The minimum atomic E-state index is 0. The zero-order chi connectivity index (χ0) is 22.1. The number of halogens is 1. The SMILES string of the molecule is CN=C(NCCCCCC(=O)N1CCN(C(=O)CC(C)C)CC1)N1CCC(C)(C)C1.I. The van der Waals surface area contributed by atoms with Gasteiger partial charge in [-0.25, -0.2) is 0 Å². The van der Waals surface area contributed by atoms with Crippen molar-refractivity contribution in [3.05, 3.63) is 0 Å². The van der Waals surface area contributed by atoms with Crippen LogP contribution in [0.3, 0.4) is 0 Å². The van der Waals surface area contributed by atoms with Gasteiger partial charge in [0.15, 0.2) is 5.96 Å². The molecule has 0 spiro atoms. The van der Waals surface area contributed by atoms with Crippen LogP contribution in [0.5, 0.6) is 0 Å². The highest BCUT2D eigenvalue weighted by molar-refractivity contribution is 14.0. The number of amides is 2. The molecule has 0 aliphatic carbocycles. The summed E-state index contributed by atoms with van der Waals surface area (Å²) >= 11 is 0. The van der Waals surface area contributed by atoms with Crippen LogP contribution < -0.4 is 5.32 Å². The van der Waals surface area contributed by atoms with Crippen molar-refractivity contribution < 1.29 is 9.59 Å². The summed E-state index contributed by atoms with van der Waals surface area (Å²) in [5.74, 6) is 1.83. The predicted octanol–water partition coefficient (Wildman–Crippen LogP) is 3.19. The van der Waals surface area contributed by atoms with Crippen LogP contribution >= 0.6 is 24.0 Å². The van der Waals surface area contributed by atoms with E-state index in [0.717, 1.165) is 44.9 Å². The first-order valence-electron chi connectivity index (χ1n) is 11.7. The molecule has 0 radical (unpaired) electrons. The van der Waals surface area contributed by atoms with Crippen LogP contribution in [-0.2, 0) is 9.59 Å². The number of rotatable bonds is 8. The molecular weight excluding hydrogens is 505 g/mol. The largest absolute Gasteiger partial charge is 0.356 e. The van der Waals surface area contributed by atoms with E-state index < -0.39 is 0 Å². The third-order valence-electron chi connectivity index (χ3n) is 6.11. The lowest BCUT2D eigenvalue weighted by Gasteiger charge is -2.35. The van der Waals surface area contributed by atoms with E-state index in [1.165, 1.54) is 6.42 Å². The maximum absolute atomic E-state index is 12.5. The van der Waals surface area contributed by atoms with Crippen molar-refractivity contribution in [1.29, 1.82) is 0 Å². The molecule has 2 saturated heterocycles. The molecule has 31 heavy (non-hydrogen) atoms. The maximum Gasteiger partial charge on any atom is 0.222 e. The molecule has 2 aliphatic rings. The number of piperazine rings is 1. The zero-order valence-electron chi connectivity index (χ0n) is 20.3. The summed E-state index contributed by atoms with van der Waals surface area (Å²) in [6.07, 6.45) is 5.41. The van der Waals surface area contributed by atoms with Gasteiger partial charge in [0.25, 0.3) is 0 Å². The number of hydrogen-bond donors (Lipinski definition) is 1. The van der Waals surface area contributed by atoms with E-state index in [0.29, 0.717) is 50.4 Å². The molecular formula is C23H44IN5O2. The number of guanidine groups is 1. The summed E-state index contributed by atoms with van der Waals surface area (Å²) in [5.41, 5.74) is 0.366. The lowest BCUT2D eigenvalue weighted by atomic mass is 9.93. The van der Waals surface area contributed by atoms with E-state index in [1.54, 1.807) is 0 Å². The Kier molecular flexibility index (Phi) is 12.2. The Morgan fingerprint density at radius 1 is 0.935 bits per heavy atom. The lowest BCUT2D eigenvalue weighted by molar-refractivity contribution is -0.140. The second kappa shape index (κ2) is 13.5. The number of unbranched alkanes of at least 4 members (excludes halogenated alkanes) is 2. The molecule has 1 N–H and O–H groups in total. The van der Waals surface area contributed by atoms with Crippen molar-refractivity contribution >= 4 is 41.8 Å². The van der Waals surface area contributed by atoms with Crippen molar-refractivity contribution in [3.63, 3.8) is 0 Å². The van der Waals surface area contributed by atoms with E-state index in [4.69, 9.17) is 0 Å². The number of carbonyl (C=O) groups excluding carboxylic acids is 2. The standard InChI is InChI=1S/C23H43N5O2.HI/c1-19(2)17-21(30)27-15-13-26(14-16-27)20(29)9-7-6-8-11-25-22(24-5)28-12-10-23(3,4)18-28;/h19H,6-18H2,1-5H3,(H,24,25);1H. The molecule has 0 saturated carbocycles. The highest BCUT2D eigenvalue weighted by Crippen LogP contribution is 2.28. The van der Waals surface area contributed by atoms with Crippen LogP contribution in [0, 0.1) is 11.3 Å². The van der Waals surface area contributed by atoms with Crippen LogP contribution in [0.25, 0.3) is 0 Å². The first-order valence-corrected chi connectivity index (χ1v) is 11.7. The average molecular weight is 550 g/mol. The highest BCUT2D eigenvalue weighted by Gasteiger charge is 2.30. The topological polar surface area (TPSA) is 68.2 Å². The Hall–Kier alpha value is -1.06. The summed E-state index contributed by atoms with van der Waals surface area (Å²) in [5, 5.41) is 3.47. The molecule has 0 aromatic carbocycles. The molecule has 2 rings (SSSR count). The van der Waals surface area contributed by atoms with E-state index in [9.17, 15) is 9.59 Å². The molecule has 0 aromatic heterocycles. The molecule has 0 atom stereocenters. The molecule has 0 aromatic rings. The van der Waals surface area contributed by atoms with Gasteiger partial charge in [0, 0.05) is 65.7 Å². The molecule has 8 heteroatoms. The van der Waals surface area contributed by atoms with Gasteiger partial charge in [-0.1, -0.05) is 34.1 Å². The van der Waals surface area contributed by atoms with Crippen LogP contribution in [0.15, 0.2) is 4.99 Å². The fourth-order valence-corrected chi connectivity index (χ4v) is 4.25. The number of carbonyl (C=O) groups is 2. The van der Waals surface area contributed by atoms with Crippen LogP contribution in [-0.4, -0.2) is 85.3 Å². The minimum Gasteiger partial charge on any atom is -0.356 e. The van der Waals surface area contributed by atoms with Crippen molar-refractivity contribution in [2.75, 3.05) is 52.9 Å². The fourth-order valence-electron chi connectivity index (χ4n) is 4.25. The van der Waals surface area contributed by atoms with Crippen LogP contribution in [0.4, 0.5) is 0 Å². The van der Waals surface area contributed by atoms with Crippen LogP contribution in [0.1, 0.15) is 66.2 Å². The summed E-state index contributed by atoms with van der Waals surface area (Å²) in [7, 11) is 1.85. The molecule has 2 aliphatic heterocycles. The fraction of sp³-hybridized carbons (Fsp3) is 0.870. The monoisotopic (exact) mass is 549 g/mol. The van der Waals surface area contributed by atoms with E-state index in [-0.39, 0.29) is 35.8 Å². The van der Waals surface area contributed by atoms with Gasteiger partial charge in [0.05, 0.1) is 0 Å². The van der Waals surface area contributed by atoms with Gasteiger partial charge in [-0.2, -0.15) is 0 Å². The third-order valence-corrected chi connectivity index (χ3v) is 6.11. The van der Waals surface area contributed by atoms with Crippen molar-refractivity contribution in [2.45, 2.75) is 66.2 Å². The van der Waals surface area contributed by atoms with Gasteiger partial charge in [-0.05, 0) is 30.6 Å². The molecule has 2 fully saturated rings. The maximum atomic E-state index is 12.5. The van der Waals surface area contributed by atoms with E-state index >= 15 is 0 Å². The lowest BCUT2D eigenvalue weighted by Crippen LogP contribution is -2.50. The van der Waals surface area contributed by atoms with Gasteiger partial charge in [0.2, 0.25) is 11.8 Å². The molecule has 7 nitrogen and oxygen atoms in total. The number of nitrogens with zero attached hydrogens (tertiary/aromatic N) is 4. The second-order valence-electron chi connectivity index (χ2n) is 9.98.